The monoisotopic (exact) mass is 455 g/mol. The van der Waals surface area contributed by atoms with Gasteiger partial charge in [0.1, 0.15) is 0 Å². The summed E-state index contributed by atoms with van der Waals surface area (Å²) in [6.45, 7) is 6.77. The summed E-state index contributed by atoms with van der Waals surface area (Å²) in [5, 5.41) is 10.9. The third-order valence-corrected chi connectivity index (χ3v) is 5.59. The van der Waals surface area contributed by atoms with Crippen LogP contribution in [0.4, 0.5) is 0 Å². The average molecular weight is 456 g/mol. The van der Waals surface area contributed by atoms with Crippen molar-refractivity contribution in [3.8, 4) is 11.3 Å². The molecule has 2 amide bonds. The van der Waals surface area contributed by atoms with Crippen LogP contribution in [0.15, 0.2) is 66.9 Å². The van der Waals surface area contributed by atoms with Crippen molar-refractivity contribution in [3.05, 3.63) is 83.6 Å². The molecular weight excluding hydrogens is 426 g/mol. The van der Waals surface area contributed by atoms with Crippen molar-refractivity contribution in [2.24, 2.45) is 0 Å². The Morgan fingerprint density at radius 1 is 0.971 bits per heavy atom. The number of carbonyl (C=O) groups is 2. The standard InChI is InChI=1S/C27H29N5O2/c1-18(2)32-26-23(17-30-32)22(16-24(31-26)21-11-9-19(3)10-12-21)27(34)29-14-13-28-25(33)15-20-7-5-4-6-8-20/h4-12,16-18H,13-15H2,1-3H3,(H,28,33)(H,29,34). The van der Waals surface area contributed by atoms with Crippen molar-refractivity contribution >= 4 is 22.8 Å². The molecule has 0 saturated heterocycles. The van der Waals surface area contributed by atoms with E-state index in [-0.39, 0.29) is 17.9 Å². The smallest absolute Gasteiger partial charge is 0.252 e. The highest BCUT2D eigenvalue weighted by Gasteiger charge is 2.18. The van der Waals surface area contributed by atoms with E-state index in [9.17, 15) is 9.59 Å². The molecule has 0 saturated carbocycles. The SMILES string of the molecule is Cc1ccc(-c2cc(C(=O)NCCNC(=O)Cc3ccccc3)c3cnn(C(C)C)c3n2)cc1. The summed E-state index contributed by atoms with van der Waals surface area (Å²) in [6, 6.07) is 19.5. The number of aryl methyl sites for hydroxylation is 1. The van der Waals surface area contributed by atoms with Gasteiger partial charge in [-0.25, -0.2) is 9.67 Å². The lowest BCUT2D eigenvalue weighted by molar-refractivity contribution is -0.120. The molecule has 174 valence electrons. The van der Waals surface area contributed by atoms with E-state index < -0.39 is 0 Å². The number of hydrogen-bond acceptors (Lipinski definition) is 4. The Hall–Kier alpha value is -4.00. The zero-order chi connectivity index (χ0) is 24.1. The van der Waals surface area contributed by atoms with Crippen molar-refractivity contribution in [2.75, 3.05) is 13.1 Å². The fourth-order valence-corrected chi connectivity index (χ4v) is 3.77. The first kappa shape index (κ1) is 23.2. The van der Waals surface area contributed by atoms with E-state index in [4.69, 9.17) is 4.98 Å². The van der Waals surface area contributed by atoms with Gasteiger partial charge in [0.25, 0.3) is 5.91 Å². The number of aromatic nitrogens is 3. The number of hydrogen-bond donors (Lipinski definition) is 2. The van der Waals surface area contributed by atoms with E-state index >= 15 is 0 Å². The third kappa shape index (κ3) is 5.31. The molecule has 4 aromatic rings. The summed E-state index contributed by atoms with van der Waals surface area (Å²) in [5.41, 5.74) is 4.96. The maximum atomic E-state index is 13.1. The van der Waals surface area contributed by atoms with E-state index in [1.54, 1.807) is 6.20 Å². The minimum Gasteiger partial charge on any atom is -0.354 e. The largest absolute Gasteiger partial charge is 0.354 e. The van der Waals surface area contributed by atoms with Crippen LogP contribution in [0.2, 0.25) is 0 Å². The lowest BCUT2D eigenvalue weighted by Gasteiger charge is -2.12. The Labute approximate surface area is 199 Å². The Morgan fingerprint density at radius 3 is 2.38 bits per heavy atom. The summed E-state index contributed by atoms with van der Waals surface area (Å²) < 4.78 is 1.83. The molecule has 2 N–H and O–H groups in total. The van der Waals surface area contributed by atoms with E-state index in [0.29, 0.717) is 36.1 Å². The predicted octanol–water partition coefficient (Wildman–Crippen LogP) is 4.08. The number of rotatable bonds is 8. The molecule has 4 rings (SSSR count). The first-order valence-corrected chi connectivity index (χ1v) is 11.5. The summed E-state index contributed by atoms with van der Waals surface area (Å²) in [7, 11) is 0. The van der Waals surface area contributed by atoms with E-state index in [0.717, 1.165) is 22.4 Å². The van der Waals surface area contributed by atoms with Crippen molar-refractivity contribution in [1.29, 1.82) is 0 Å². The number of fused-ring (bicyclic) bond motifs is 1. The molecule has 34 heavy (non-hydrogen) atoms. The second kappa shape index (κ2) is 10.3. The molecule has 0 spiro atoms. The van der Waals surface area contributed by atoms with Gasteiger partial charge in [0.05, 0.1) is 29.3 Å². The molecular formula is C27H29N5O2. The van der Waals surface area contributed by atoms with Crippen LogP contribution < -0.4 is 10.6 Å². The molecule has 7 heteroatoms. The zero-order valence-electron chi connectivity index (χ0n) is 19.7. The van der Waals surface area contributed by atoms with Gasteiger partial charge in [0.2, 0.25) is 5.91 Å². The highest BCUT2D eigenvalue weighted by atomic mass is 16.2. The van der Waals surface area contributed by atoms with Gasteiger partial charge < -0.3 is 10.6 Å². The summed E-state index contributed by atoms with van der Waals surface area (Å²) in [6.07, 6.45) is 2.01. The molecule has 0 aliphatic rings. The van der Waals surface area contributed by atoms with Crippen LogP contribution in [0.5, 0.6) is 0 Å². The molecule has 2 heterocycles. The lowest BCUT2D eigenvalue weighted by Crippen LogP contribution is -2.35. The molecule has 0 atom stereocenters. The number of carbonyl (C=O) groups excluding carboxylic acids is 2. The molecule has 0 bridgehead atoms. The van der Waals surface area contributed by atoms with Crippen LogP contribution in [-0.4, -0.2) is 39.7 Å². The molecule has 0 radical (unpaired) electrons. The molecule has 0 aliphatic heterocycles. The van der Waals surface area contributed by atoms with Crippen molar-refractivity contribution < 1.29 is 9.59 Å². The van der Waals surface area contributed by atoms with Crippen LogP contribution in [0.25, 0.3) is 22.3 Å². The van der Waals surface area contributed by atoms with Crippen LogP contribution in [0, 0.1) is 6.92 Å². The second-order valence-corrected chi connectivity index (χ2v) is 8.61. The molecule has 2 aromatic heterocycles. The van der Waals surface area contributed by atoms with Crippen LogP contribution in [0.3, 0.4) is 0 Å². The van der Waals surface area contributed by atoms with Crippen molar-refractivity contribution in [3.63, 3.8) is 0 Å². The van der Waals surface area contributed by atoms with Gasteiger partial charge in [-0.05, 0) is 32.4 Å². The zero-order valence-corrected chi connectivity index (χ0v) is 19.7. The molecule has 0 unspecified atom stereocenters. The number of pyridine rings is 1. The maximum absolute atomic E-state index is 13.1. The number of amides is 2. The minimum absolute atomic E-state index is 0.0772. The third-order valence-electron chi connectivity index (χ3n) is 5.59. The van der Waals surface area contributed by atoms with Crippen molar-refractivity contribution in [2.45, 2.75) is 33.2 Å². The first-order valence-electron chi connectivity index (χ1n) is 11.5. The maximum Gasteiger partial charge on any atom is 0.252 e. The first-order chi connectivity index (χ1) is 16.4. The van der Waals surface area contributed by atoms with Crippen LogP contribution in [-0.2, 0) is 11.2 Å². The Bertz CT molecular complexity index is 1290. The Kier molecular flexibility index (Phi) is 7.01. The second-order valence-electron chi connectivity index (χ2n) is 8.61. The van der Waals surface area contributed by atoms with Gasteiger partial charge in [0, 0.05) is 24.7 Å². The van der Waals surface area contributed by atoms with Gasteiger partial charge in [0.15, 0.2) is 5.65 Å². The van der Waals surface area contributed by atoms with Gasteiger partial charge >= 0.3 is 0 Å². The molecule has 7 nitrogen and oxygen atoms in total. The minimum atomic E-state index is -0.221. The summed E-state index contributed by atoms with van der Waals surface area (Å²) >= 11 is 0. The van der Waals surface area contributed by atoms with Crippen LogP contribution >= 0.6 is 0 Å². The Morgan fingerprint density at radius 2 is 1.68 bits per heavy atom. The quantitative estimate of drug-likeness (QED) is 0.392. The number of nitrogens with zero attached hydrogens (tertiary/aromatic N) is 3. The lowest BCUT2D eigenvalue weighted by atomic mass is 10.1. The highest BCUT2D eigenvalue weighted by molar-refractivity contribution is 6.06. The summed E-state index contributed by atoms with van der Waals surface area (Å²) in [5.74, 6) is -0.298. The van der Waals surface area contributed by atoms with Gasteiger partial charge in [-0.3, -0.25) is 9.59 Å². The fourth-order valence-electron chi connectivity index (χ4n) is 3.77. The van der Waals surface area contributed by atoms with Crippen molar-refractivity contribution in [1.82, 2.24) is 25.4 Å². The highest BCUT2D eigenvalue weighted by Crippen LogP contribution is 2.26. The topological polar surface area (TPSA) is 88.9 Å². The predicted molar refractivity (Wildman–Crippen MR) is 134 cm³/mol. The van der Waals surface area contributed by atoms with Crippen LogP contribution in [0.1, 0.15) is 41.4 Å². The Balaban J connectivity index is 1.49. The van der Waals surface area contributed by atoms with Gasteiger partial charge in [-0.2, -0.15) is 5.10 Å². The van der Waals surface area contributed by atoms with E-state index in [2.05, 4.69) is 15.7 Å². The van der Waals surface area contributed by atoms with Gasteiger partial charge in [-0.1, -0.05) is 60.2 Å². The van der Waals surface area contributed by atoms with E-state index in [1.165, 1.54) is 0 Å². The fraction of sp³-hybridized carbons (Fsp3) is 0.259. The number of nitrogens with one attached hydrogen (secondary N) is 2. The molecule has 2 aromatic carbocycles. The molecule has 0 aliphatic carbocycles. The molecule has 0 fully saturated rings. The average Bonchev–Trinajstić information content (AvgIpc) is 3.26. The summed E-state index contributed by atoms with van der Waals surface area (Å²) in [4.78, 5) is 30.1. The number of benzene rings is 2. The van der Waals surface area contributed by atoms with Gasteiger partial charge in [-0.15, -0.1) is 0 Å². The normalized spacial score (nSPS) is 11.1. The van der Waals surface area contributed by atoms with E-state index in [1.807, 2.05) is 86.1 Å².